The van der Waals surface area contributed by atoms with Crippen molar-refractivity contribution in [2.45, 2.75) is 29.6 Å². The molecule has 0 atom stereocenters. The standard InChI is InChI=1S/C15H21N5O2S3/c1-17-14(12-4-5-12)16-20(15(17)23)11-18-6-8-19(9-7-18)25(21,22)13-3-2-10-24-13/h2-3,10,12H,4-9,11H2,1H3. The predicted octanol–water partition coefficient (Wildman–Crippen LogP) is 1.85. The Hall–Kier alpha value is -1.07. The first kappa shape index (κ1) is 17.3. The Labute approximate surface area is 156 Å². The summed E-state index contributed by atoms with van der Waals surface area (Å²) in [5, 5.41) is 6.47. The molecule has 2 aromatic heterocycles. The van der Waals surface area contributed by atoms with E-state index in [0.29, 0.717) is 43.0 Å². The highest BCUT2D eigenvalue weighted by atomic mass is 32.2. The van der Waals surface area contributed by atoms with Crippen molar-refractivity contribution in [2.24, 2.45) is 7.05 Å². The van der Waals surface area contributed by atoms with Crippen LogP contribution in [0.2, 0.25) is 0 Å². The molecule has 4 rings (SSSR count). The molecule has 0 radical (unpaired) electrons. The summed E-state index contributed by atoms with van der Waals surface area (Å²) in [6, 6.07) is 3.44. The second-order valence-electron chi connectivity index (χ2n) is 6.57. The van der Waals surface area contributed by atoms with Crippen LogP contribution in [0.1, 0.15) is 24.6 Å². The van der Waals surface area contributed by atoms with Crippen LogP contribution in [0.15, 0.2) is 21.7 Å². The van der Waals surface area contributed by atoms with E-state index in [1.807, 2.05) is 16.3 Å². The molecule has 2 aliphatic rings. The summed E-state index contributed by atoms with van der Waals surface area (Å²) in [4.78, 5) is 2.21. The predicted molar refractivity (Wildman–Crippen MR) is 98.7 cm³/mol. The molecule has 7 nitrogen and oxygen atoms in total. The van der Waals surface area contributed by atoms with Gasteiger partial charge in [-0.3, -0.25) is 4.90 Å². The molecule has 136 valence electrons. The average molecular weight is 400 g/mol. The number of hydrogen-bond acceptors (Lipinski definition) is 6. The maximum Gasteiger partial charge on any atom is 0.252 e. The van der Waals surface area contributed by atoms with Crippen molar-refractivity contribution in [1.82, 2.24) is 23.6 Å². The molecule has 25 heavy (non-hydrogen) atoms. The minimum Gasteiger partial charge on any atom is -0.307 e. The van der Waals surface area contributed by atoms with Crippen molar-refractivity contribution in [1.29, 1.82) is 0 Å². The largest absolute Gasteiger partial charge is 0.307 e. The van der Waals surface area contributed by atoms with Gasteiger partial charge < -0.3 is 4.57 Å². The lowest BCUT2D eigenvalue weighted by Gasteiger charge is -2.33. The molecule has 0 N–H and O–H groups in total. The number of piperazine rings is 1. The van der Waals surface area contributed by atoms with Crippen LogP contribution in [0.3, 0.4) is 0 Å². The molecular formula is C15H21N5O2S3. The van der Waals surface area contributed by atoms with Crippen LogP contribution in [0, 0.1) is 4.77 Å². The summed E-state index contributed by atoms with van der Waals surface area (Å²) in [5.41, 5.74) is 0. The second-order valence-corrected chi connectivity index (χ2v) is 10.0. The summed E-state index contributed by atoms with van der Waals surface area (Å²) in [7, 11) is -1.37. The van der Waals surface area contributed by atoms with E-state index in [-0.39, 0.29) is 0 Å². The molecule has 3 heterocycles. The molecular weight excluding hydrogens is 378 g/mol. The van der Waals surface area contributed by atoms with Gasteiger partial charge in [0.1, 0.15) is 10.0 Å². The number of sulfonamides is 1. The highest BCUT2D eigenvalue weighted by Crippen LogP contribution is 2.38. The zero-order valence-electron chi connectivity index (χ0n) is 14.0. The van der Waals surface area contributed by atoms with Crippen molar-refractivity contribution < 1.29 is 8.42 Å². The van der Waals surface area contributed by atoms with Crippen molar-refractivity contribution in [3.05, 3.63) is 28.1 Å². The quantitative estimate of drug-likeness (QED) is 0.718. The van der Waals surface area contributed by atoms with Gasteiger partial charge in [0.15, 0.2) is 4.77 Å². The first-order valence-corrected chi connectivity index (χ1v) is 11.1. The summed E-state index contributed by atoms with van der Waals surface area (Å²) in [6.45, 7) is 2.97. The summed E-state index contributed by atoms with van der Waals surface area (Å²) in [6.07, 6.45) is 2.39. The van der Waals surface area contributed by atoms with Crippen molar-refractivity contribution in [3.8, 4) is 0 Å². The molecule has 2 aromatic rings. The van der Waals surface area contributed by atoms with Gasteiger partial charge in [0.2, 0.25) is 0 Å². The van der Waals surface area contributed by atoms with E-state index in [0.717, 1.165) is 10.6 Å². The number of hydrogen-bond donors (Lipinski definition) is 0. The molecule has 1 saturated heterocycles. The van der Waals surface area contributed by atoms with E-state index in [4.69, 9.17) is 12.2 Å². The third kappa shape index (κ3) is 3.33. The van der Waals surface area contributed by atoms with E-state index in [9.17, 15) is 8.42 Å². The SMILES string of the molecule is Cn1c(C2CC2)nn(CN2CCN(S(=O)(=O)c3cccs3)CC2)c1=S. The summed E-state index contributed by atoms with van der Waals surface area (Å²) >= 11 is 6.77. The van der Waals surface area contributed by atoms with Gasteiger partial charge in [-0.1, -0.05) is 6.07 Å². The Balaban J connectivity index is 1.41. The first-order valence-electron chi connectivity index (χ1n) is 8.36. The summed E-state index contributed by atoms with van der Waals surface area (Å²) < 4.78 is 31.7. The molecule has 2 fully saturated rings. The number of thiophene rings is 1. The maximum atomic E-state index is 12.6. The molecule has 0 aromatic carbocycles. The number of aromatic nitrogens is 3. The monoisotopic (exact) mass is 399 g/mol. The van der Waals surface area contributed by atoms with Gasteiger partial charge in [0, 0.05) is 39.1 Å². The zero-order chi connectivity index (χ0) is 17.6. The lowest BCUT2D eigenvalue weighted by Crippen LogP contribution is -2.48. The second kappa shape index (κ2) is 6.58. The lowest BCUT2D eigenvalue weighted by atomic mass is 10.4. The summed E-state index contributed by atoms with van der Waals surface area (Å²) in [5.74, 6) is 1.63. The van der Waals surface area contributed by atoms with Crippen LogP contribution in [0.4, 0.5) is 0 Å². The Kier molecular flexibility index (Phi) is 4.57. The minimum atomic E-state index is -3.35. The van der Waals surface area contributed by atoms with Crippen LogP contribution in [0.25, 0.3) is 0 Å². The van der Waals surface area contributed by atoms with E-state index < -0.39 is 10.0 Å². The van der Waals surface area contributed by atoms with Gasteiger partial charge in [0.05, 0.1) is 6.67 Å². The van der Waals surface area contributed by atoms with Crippen LogP contribution in [-0.4, -0.2) is 58.1 Å². The van der Waals surface area contributed by atoms with Crippen LogP contribution >= 0.6 is 23.6 Å². The zero-order valence-corrected chi connectivity index (χ0v) is 16.5. The van der Waals surface area contributed by atoms with Gasteiger partial charge in [-0.2, -0.15) is 9.40 Å². The fraction of sp³-hybridized carbons (Fsp3) is 0.600. The lowest BCUT2D eigenvalue weighted by molar-refractivity contribution is 0.144. The van der Waals surface area contributed by atoms with Crippen molar-refractivity contribution in [2.75, 3.05) is 26.2 Å². The van der Waals surface area contributed by atoms with Crippen molar-refractivity contribution >= 4 is 33.6 Å². The van der Waals surface area contributed by atoms with Crippen LogP contribution in [0.5, 0.6) is 0 Å². The van der Waals surface area contributed by atoms with E-state index in [1.165, 1.54) is 24.2 Å². The highest BCUT2D eigenvalue weighted by molar-refractivity contribution is 7.91. The maximum absolute atomic E-state index is 12.6. The van der Waals surface area contributed by atoms with E-state index in [2.05, 4.69) is 10.00 Å². The first-order chi connectivity index (χ1) is 12.0. The molecule has 10 heteroatoms. The highest BCUT2D eigenvalue weighted by Gasteiger charge is 2.31. The third-order valence-corrected chi connectivity index (χ3v) is 8.53. The Morgan fingerprint density at radius 3 is 2.60 bits per heavy atom. The molecule has 1 aliphatic carbocycles. The molecule has 1 saturated carbocycles. The van der Waals surface area contributed by atoms with Gasteiger partial charge in [0.25, 0.3) is 10.0 Å². The van der Waals surface area contributed by atoms with Crippen molar-refractivity contribution in [3.63, 3.8) is 0 Å². The number of rotatable bonds is 5. The molecule has 0 amide bonds. The normalized spacial score (nSPS) is 20.2. The molecule has 0 spiro atoms. The fourth-order valence-corrected chi connectivity index (χ4v) is 5.89. The Morgan fingerprint density at radius 1 is 1.28 bits per heavy atom. The average Bonchev–Trinajstić information content (AvgIpc) is 3.20. The molecule has 1 aliphatic heterocycles. The van der Waals surface area contributed by atoms with E-state index >= 15 is 0 Å². The fourth-order valence-electron chi connectivity index (χ4n) is 3.13. The Bertz CT molecular complexity index is 904. The van der Waals surface area contributed by atoms with Gasteiger partial charge in [-0.05, 0) is 36.5 Å². The molecule has 0 bridgehead atoms. The molecule has 0 unspecified atom stereocenters. The van der Waals surface area contributed by atoms with Crippen LogP contribution < -0.4 is 0 Å². The third-order valence-electron chi connectivity index (χ3n) is 4.77. The van der Waals surface area contributed by atoms with Gasteiger partial charge in [-0.15, -0.1) is 11.3 Å². The van der Waals surface area contributed by atoms with Gasteiger partial charge >= 0.3 is 0 Å². The van der Waals surface area contributed by atoms with Gasteiger partial charge in [-0.25, -0.2) is 13.1 Å². The van der Waals surface area contributed by atoms with E-state index in [1.54, 1.807) is 21.8 Å². The minimum absolute atomic E-state index is 0.418. The number of nitrogens with zero attached hydrogens (tertiary/aromatic N) is 5. The Morgan fingerprint density at radius 2 is 2.00 bits per heavy atom. The topological polar surface area (TPSA) is 63.4 Å². The van der Waals surface area contributed by atoms with Crippen LogP contribution in [-0.2, 0) is 23.7 Å². The smallest absolute Gasteiger partial charge is 0.252 e.